The van der Waals surface area contributed by atoms with Gasteiger partial charge in [0.1, 0.15) is 0 Å². The molecule has 0 saturated carbocycles. The van der Waals surface area contributed by atoms with Gasteiger partial charge in [0, 0.05) is 63.1 Å². The van der Waals surface area contributed by atoms with E-state index in [1.165, 1.54) is 4.09 Å². The van der Waals surface area contributed by atoms with Gasteiger partial charge in [-0.15, -0.1) is 0 Å². The third kappa shape index (κ3) is 4.16. The van der Waals surface area contributed by atoms with Crippen molar-refractivity contribution < 1.29 is 13.2 Å². The van der Waals surface area contributed by atoms with Crippen molar-refractivity contribution in [3.63, 3.8) is 0 Å². The average molecular weight is 484 g/mol. The third-order valence-electron chi connectivity index (χ3n) is 7.10. The molecule has 2 saturated heterocycles. The van der Waals surface area contributed by atoms with Crippen LogP contribution in [0.5, 0.6) is 0 Å². The number of benzene rings is 2. The number of hydrogen-bond donors (Lipinski definition) is 0. The highest BCUT2D eigenvalue weighted by Gasteiger charge is 2.27. The minimum atomic E-state index is -3.86. The van der Waals surface area contributed by atoms with Crippen LogP contribution in [0.4, 0.5) is 11.4 Å². The van der Waals surface area contributed by atoms with Crippen molar-refractivity contribution in [3.8, 4) is 0 Å². The van der Waals surface area contributed by atoms with Crippen molar-refractivity contribution in [2.24, 2.45) is 0 Å². The second kappa shape index (κ2) is 9.20. The van der Waals surface area contributed by atoms with Crippen LogP contribution in [0.3, 0.4) is 0 Å². The van der Waals surface area contributed by atoms with E-state index in [1.54, 1.807) is 19.2 Å². The maximum atomic E-state index is 13.8. The Morgan fingerprint density at radius 1 is 1.00 bits per heavy atom. The van der Waals surface area contributed by atoms with Crippen LogP contribution in [0.15, 0.2) is 47.4 Å². The molecular weight excluding hydrogens is 450 g/mol. The fourth-order valence-corrected chi connectivity index (χ4v) is 6.28. The van der Waals surface area contributed by atoms with Gasteiger partial charge in [0.25, 0.3) is 10.0 Å². The van der Waals surface area contributed by atoms with Crippen LogP contribution in [0.25, 0.3) is 10.9 Å². The van der Waals surface area contributed by atoms with Crippen molar-refractivity contribution in [2.45, 2.75) is 30.8 Å². The number of aromatic nitrogens is 2. The minimum Gasteiger partial charge on any atom is -0.380 e. The molecule has 2 fully saturated rings. The Morgan fingerprint density at radius 2 is 1.76 bits per heavy atom. The van der Waals surface area contributed by atoms with Crippen molar-refractivity contribution in [2.75, 3.05) is 63.2 Å². The normalized spacial score (nSPS) is 19.9. The average Bonchev–Trinajstić information content (AvgIpc) is 3.49. The van der Waals surface area contributed by atoms with Gasteiger partial charge >= 0.3 is 0 Å². The predicted molar refractivity (Wildman–Crippen MR) is 135 cm³/mol. The number of fused-ring (bicyclic) bond motifs is 1. The first-order valence-corrected chi connectivity index (χ1v) is 13.4. The van der Waals surface area contributed by atoms with Gasteiger partial charge in [-0.25, -0.2) is 0 Å². The molecule has 0 radical (unpaired) electrons. The second-order valence-corrected chi connectivity index (χ2v) is 11.0. The molecular formula is C25H33N5O3S. The summed E-state index contributed by atoms with van der Waals surface area (Å²) < 4.78 is 34.4. The zero-order valence-corrected chi connectivity index (χ0v) is 21.0. The summed E-state index contributed by atoms with van der Waals surface area (Å²) in [6.45, 7) is 7.44. The lowest BCUT2D eigenvalue weighted by atomic mass is 10.1. The number of nitrogens with zero attached hydrogens (tertiary/aromatic N) is 5. The molecule has 3 heterocycles. The Bertz CT molecular complexity index is 1280. The zero-order chi connectivity index (χ0) is 23.9. The third-order valence-corrected chi connectivity index (χ3v) is 8.68. The van der Waals surface area contributed by atoms with Gasteiger partial charge < -0.3 is 19.4 Å². The number of rotatable bonds is 6. The molecule has 2 aliphatic heterocycles. The van der Waals surface area contributed by atoms with Crippen LogP contribution in [0, 0.1) is 0 Å². The Morgan fingerprint density at radius 3 is 2.47 bits per heavy atom. The number of methoxy groups -OCH3 is 1. The molecule has 1 atom stereocenters. The molecule has 3 aromatic rings. The maximum Gasteiger partial charge on any atom is 0.283 e. The van der Waals surface area contributed by atoms with E-state index in [4.69, 9.17) is 4.74 Å². The van der Waals surface area contributed by atoms with Gasteiger partial charge in [-0.1, -0.05) is 13.0 Å². The van der Waals surface area contributed by atoms with E-state index in [0.29, 0.717) is 11.9 Å². The van der Waals surface area contributed by atoms with E-state index in [2.05, 4.69) is 32.9 Å². The molecule has 0 spiro atoms. The summed E-state index contributed by atoms with van der Waals surface area (Å²) in [6.07, 6.45) is 1.78. The Hall–Kier alpha value is -2.62. The standard InChI is InChI=1S/C25H33N5O3S/c1-4-24-23-9-8-20(28-14-12-27(2)13-15-28)17-25(23)30(26-24)34(31,32)22-7-5-6-19(16-22)29-11-10-21(18-29)33-3/h5-9,16-17,21H,4,10-15,18H2,1-3H3. The van der Waals surface area contributed by atoms with E-state index in [0.717, 1.165) is 68.1 Å². The fraction of sp³-hybridized carbons (Fsp3) is 0.480. The zero-order valence-electron chi connectivity index (χ0n) is 20.1. The smallest absolute Gasteiger partial charge is 0.283 e. The first-order valence-electron chi connectivity index (χ1n) is 12.0. The Kier molecular flexibility index (Phi) is 6.26. The summed E-state index contributed by atoms with van der Waals surface area (Å²) in [4.78, 5) is 7.05. The monoisotopic (exact) mass is 483 g/mol. The van der Waals surface area contributed by atoms with E-state index >= 15 is 0 Å². The minimum absolute atomic E-state index is 0.176. The molecule has 1 unspecified atom stereocenters. The lowest BCUT2D eigenvalue weighted by molar-refractivity contribution is 0.121. The van der Waals surface area contributed by atoms with Crippen LogP contribution >= 0.6 is 0 Å². The van der Waals surface area contributed by atoms with Gasteiger partial charge in [-0.05, 0) is 56.3 Å². The summed E-state index contributed by atoms with van der Waals surface area (Å²) in [6, 6.07) is 13.3. The van der Waals surface area contributed by atoms with E-state index in [-0.39, 0.29) is 11.0 Å². The molecule has 0 amide bonds. The summed E-state index contributed by atoms with van der Waals surface area (Å²) in [5.41, 5.74) is 3.36. The molecule has 5 rings (SSSR count). The highest BCUT2D eigenvalue weighted by molar-refractivity contribution is 7.90. The molecule has 2 aromatic carbocycles. The molecule has 34 heavy (non-hydrogen) atoms. The van der Waals surface area contributed by atoms with Crippen LogP contribution < -0.4 is 9.80 Å². The van der Waals surface area contributed by atoms with Crippen LogP contribution in [0.1, 0.15) is 19.0 Å². The van der Waals surface area contributed by atoms with E-state index in [9.17, 15) is 8.42 Å². The van der Waals surface area contributed by atoms with Crippen LogP contribution in [0.2, 0.25) is 0 Å². The molecule has 0 aliphatic carbocycles. The lowest BCUT2D eigenvalue weighted by Gasteiger charge is -2.34. The molecule has 2 aliphatic rings. The summed E-state index contributed by atoms with van der Waals surface area (Å²) in [5, 5.41) is 5.47. The number of hydrogen-bond acceptors (Lipinski definition) is 7. The summed E-state index contributed by atoms with van der Waals surface area (Å²) in [7, 11) is -0.0131. The fourth-order valence-electron chi connectivity index (χ4n) is 4.94. The van der Waals surface area contributed by atoms with Crippen molar-refractivity contribution >= 4 is 32.3 Å². The predicted octanol–water partition coefficient (Wildman–Crippen LogP) is 2.81. The highest BCUT2D eigenvalue weighted by Crippen LogP contribution is 2.30. The first-order chi connectivity index (χ1) is 16.4. The summed E-state index contributed by atoms with van der Waals surface area (Å²) in [5.74, 6) is 0. The SMILES string of the molecule is CCc1nn(S(=O)(=O)c2cccc(N3CCC(OC)C3)c2)c2cc(N3CCN(C)CC3)ccc12. The van der Waals surface area contributed by atoms with Crippen molar-refractivity contribution in [3.05, 3.63) is 48.2 Å². The van der Waals surface area contributed by atoms with Crippen molar-refractivity contribution in [1.82, 2.24) is 14.1 Å². The van der Waals surface area contributed by atoms with Crippen molar-refractivity contribution in [1.29, 1.82) is 0 Å². The second-order valence-electron chi connectivity index (χ2n) is 9.23. The molecule has 1 aromatic heterocycles. The molecule has 0 N–H and O–H groups in total. The van der Waals surface area contributed by atoms with Crippen LogP contribution in [-0.4, -0.2) is 82.0 Å². The largest absolute Gasteiger partial charge is 0.380 e. The molecule has 0 bridgehead atoms. The molecule has 182 valence electrons. The van der Waals surface area contributed by atoms with E-state index in [1.807, 2.05) is 31.2 Å². The topological polar surface area (TPSA) is 70.9 Å². The Labute approximate surface area is 201 Å². The molecule has 9 heteroatoms. The van der Waals surface area contributed by atoms with Gasteiger partial charge in [0.15, 0.2) is 0 Å². The number of ether oxygens (including phenoxy) is 1. The number of piperazine rings is 1. The van der Waals surface area contributed by atoms with Gasteiger partial charge in [-0.3, -0.25) is 0 Å². The van der Waals surface area contributed by atoms with Gasteiger partial charge in [-0.2, -0.15) is 17.6 Å². The van der Waals surface area contributed by atoms with Crippen LogP contribution in [-0.2, 0) is 21.2 Å². The Balaban J connectivity index is 1.54. The van der Waals surface area contributed by atoms with Gasteiger partial charge in [0.05, 0.1) is 22.2 Å². The van der Waals surface area contributed by atoms with Gasteiger partial charge in [0.2, 0.25) is 0 Å². The van der Waals surface area contributed by atoms with E-state index < -0.39 is 10.0 Å². The summed E-state index contributed by atoms with van der Waals surface area (Å²) >= 11 is 0. The first kappa shape index (κ1) is 23.1. The number of aryl methyl sites for hydroxylation is 1. The number of anilines is 2. The quantitative estimate of drug-likeness (QED) is 0.534. The number of likely N-dealkylation sites (N-methyl/N-ethyl adjacent to an activating group) is 1. The lowest BCUT2D eigenvalue weighted by Crippen LogP contribution is -2.44. The highest BCUT2D eigenvalue weighted by atomic mass is 32.2. The maximum absolute atomic E-state index is 13.8. The molecule has 8 nitrogen and oxygen atoms in total.